The van der Waals surface area contributed by atoms with Crippen LogP contribution in [-0.2, 0) is 23.0 Å². The summed E-state index contributed by atoms with van der Waals surface area (Å²) < 4.78 is 24.7. The zero-order chi connectivity index (χ0) is 20.5. The fourth-order valence-corrected chi connectivity index (χ4v) is 3.70. The number of hydrogen-bond donors (Lipinski definition) is 2. The predicted octanol–water partition coefficient (Wildman–Crippen LogP) is 1.00. The first kappa shape index (κ1) is 19.8. The van der Waals surface area contributed by atoms with E-state index in [1.165, 1.54) is 0 Å². The van der Waals surface area contributed by atoms with Crippen molar-refractivity contribution in [3.8, 4) is 0 Å². The van der Waals surface area contributed by atoms with E-state index in [0.717, 1.165) is 23.8 Å². The average Bonchev–Trinajstić information content (AvgIpc) is 2.65. The number of carbonyl (C=O) groups is 2. The zero-order valence-electron chi connectivity index (χ0n) is 15.9. The smallest absolute Gasteiger partial charge is 0.283 e. The van der Waals surface area contributed by atoms with Crippen LogP contribution in [0, 0.1) is 6.92 Å². The summed E-state index contributed by atoms with van der Waals surface area (Å²) in [6, 6.07) is 9.19. The zero-order valence-corrected chi connectivity index (χ0v) is 16.8. The highest BCUT2D eigenvalue weighted by atomic mass is 32.2. The van der Waals surface area contributed by atoms with Crippen LogP contribution in [0.3, 0.4) is 0 Å². The van der Waals surface area contributed by atoms with E-state index < -0.39 is 15.9 Å². The average molecular weight is 402 g/mol. The Morgan fingerprint density at radius 3 is 2.57 bits per heavy atom. The topological polar surface area (TPSA) is 108 Å². The Bertz CT molecular complexity index is 1050. The standard InChI is InChI=1S/C19H22N4O4S/c1-12-7-8-16(21-17(12)19(25)22-28(3,26)27)23-10-9-13-5-4-6-14(15(13)11-23)18(24)20-2/h4-8H,9-11H2,1-3H3,(H,20,24)(H,22,25). The van der Waals surface area contributed by atoms with Gasteiger partial charge in [0.15, 0.2) is 0 Å². The van der Waals surface area contributed by atoms with Crippen molar-refractivity contribution in [3.05, 3.63) is 58.3 Å². The Morgan fingerprint density at radius 2 is 1.89 bits per heavy atom. The van der Waals surface area contributed by atoms with E-state index in [-0.39, 0.29) is 11.6 Å². The first-order valence-electron chi connectivity index (χ1n) is 8.77. The third kappa shape index (κ3) is 4.14. The van der Waals surface area contributed by atoms with E-state index in [0.29, 0.717) is 30.0 Å². The molecule has 3 rings (SSSR count). The molecule has 0 spiro atoms. The van der Waals surface area contributed by atoms with Crippen LogP contribution < -0.4 is 14.9 Å². The molecule has 9 heteroatoms. The van der Waals surface area contributed by atoms with Crippen LogP contribution >= 0.6 is 0 Å². The molecule has 0 saturated carbocycles. The summed E-state index contributed by atoms with van der Waals surface area (Å²) in [7, 11) is -2.09. The SMILES string of the molecule is CNC(=O)c1cccc2c1CN(c1ccc(C)c(C(=O)NS(C)(=O)=O)n1)CC2. The highest BCUT2D eigenvalue weighted by Gasteiger charge is 2.24. The number of carbonyl (C=O) groups excluding carboxylic acids is 2. The van der Waals surface area contributed by atoms with Crippen molar-refractivity contribution < 1.29 is 18.0 Å². The van der Waals surface area contributed by atoms with Gasteiger partial charge in [0.1, 0.15) is 11.5 Å². The van der Waals surface area contributed by atoms with Crippen molar-refractivity contribution >= 4 is 27.7 Å². The lowest BCUT2D eigenvalue weighted by Gasteiger charge is -2.31. The number of fused-ring (bicyclic) bond motifs is 1. The Balaban J connectivity index is 1.93. The maximum absolute atomic E-state index is 12.3. The van der Waals surface area contributed by atoms with Crippen LogP contribution in [0.25, 0.3) is 0 Å². The lowest BCUT2D eigenvalue weighted by molar-refractivity contribution is 0.0958. The molecule has 1 aromatic carbocycles. The number of nitrogens with zero attached hydrogens (tertiary/aromatic N) is 2. The monoisotopic (exact) mass is 402 g/mol. The summed E-state index contributed by atoms with van der Waals surface area (Å²) in [6.45, 7) is 2.85. The number of aromatic nitrogens is 1. The second-order valence-electron chi connectivity index (χ2n) is 6.73. The number of hydrogen-bond acceptors (Lipinski definition) is 6. The van der Waals surface area contributed by atoms with Crippen LogP contribution in [0.2, 0.25) is 0 Å². The number of benzene rings is 1. The summed E-state index contributed by atoms with van der Waals surface area (Å²) in [5.41, 5.74) is 3.30. The molecule has 2 aromatic rings. The summed E-state index contributed by atoms with van der Waals surface area (Å²) in [4.78, 5) is 30.8. The van der Waals surface area contributed by atoms with Gasteiger partial charge in [0.2, 0.25) is 10.0 Å². The number of anilines is 1. The number of sulfonamides is 1. The number of amides is 2. The van der Waals surface area contributed by atoms with Crippen molar-refractivity contribution in [2.24, 2.45) is 0 Å². The van der Waals surface area contributed by atoms with Gasteiger partial charge in [0.25, 0.3) is 11.8 Å². The summed E-state index contributed by atoms with van der Waals surface area (Å²) in [5, 5.41) is 2.66. The van der Waals surface area contributed by atoms with Gasteiger partial charge in [-0.1, -0.05) is 18.2 Å². The molecule has 1 aliphatic rings. The lowest BCUT2D eigenvalue weighted by atomic mass is 9.94. The van der Waals surface area contributed by atoms with Gasteiger partial charge in [-0.15, -0.1) is 0 Å². The van der Waals surface area contributed by atoms with E-state index in [1.807, 2.05) is 21.8 Å². The summed E-state index contributed by atoms with van der Waals surface area (Å²) >= 11 is 0. The Labute approximate surface area is 164 Å². The molecule has 0 fully saturated rings. The Kier molecular flexibility index (Phi) is 5.37. The van der Waals surface area contributed by atoms with Gasteiger partial charge in [-0.3, -0.25) is 9.59 Å². The molecule has 0 saturated heterocycles. The quantitative estimate of drug-likeness (QED) is 0.790. The van der Waals surface area contributed by atoms with Gasteiger partial charge in [-0.2, -0.15) is 0 Å². The molecule has 0 aliphatic carbocycles. The van der Waals surface area contributed by atoms with Gasteiger partial charge in [0.05, 0.1) is 6.26 Å². The fraction of sp³-hybridized carbons (Fsp3) is 0.316. The molecule has 0 atom stereocenters. The first-order valence-corrected chi connectivity index (χ1v) is 10.7. The number of rotatable bonds is 4. The minimum absolute atomic E-state index is 0.0632. The first-order chi connectivity index (χ1) is 13.2. The van der Waals surface area contributed by atoms with Crippen molar-refractivity contribution in [2.45, 2.75) is 19.9 Å². The van der Waals surface area contributed by atoms with Crippen molar-refractivity contribution in [2.75, 3.05) is 24.7 Å². The highest BCUT2D eigenvalue weighted by molar-refractivity contribution is 7.89. The largest absolute Gasteiger partial charge is 0.355 e. The third-order valence-electron chi connectivity index (χ3n) is 4.64. The Morgan fingerprint density at radius 1 is 1.14 bits per heavy atom. The van der Waals surface area contributed by atoms with Crippen molar-refractivity contribution in [1.82, 2.24) is 15.0 Å². The minimum Gasteiger partial charge on any atom is -0.355 e. The van der Waals surface area contributed by atoms with Crippen LogP contribution in [0.15, 0.2) is 30.3 Å². The van der Waals surface area contributed by atoms with Crippen LogP contribution in [0.1, 0.15) is 37.5 Å². The molecule has 148 valence electrons. The second kappa shape index (κ2) is 7.59. The van der Waals surface area contributed by atoms with Gasteiger partial charge in [0, 0.05) is 25.7 Å². The van der Waals surface area contributed by atoms with E-state index in [2.05, 4.69) is 10.3 Å². The molecular formula is C19H22N4O4S. The molecule has 2 N–H and O–H groups in total. The number of aryl methyl sites for hydroxylation is 1. The minimum atomic E-state index is -3.68. The number of pyridine rings is 1. The van der Waals surface area contributed by atoms with Crippen molar-refractivity contribution in [3.63, 3.8) is 0 Å². The van der Waals surface area contributed by atoms with Crippen LogP contribution in [0.5, 0.6) is 0 Å². The Hall–Kier alpha value is -2.94. The molecule has 0 unspecified atom stereocenters. The van der Waals surface area contributed by atoms with Gasteiger partial charge in [-0.25, -0.2) is 18.1 Å². The fourth-order valence-electron chi connectivity index (χ4n) is 3.27. The maximum atomic E-state index is 12.3. The second-order valence-corrected chi connectivity index (χ2v) is 8.48. The number of nitrogens with one attached hydrogen (secondary N) is 2. The predicted molar refractivity (Wildman–Crippen MR) is 106 cm³/mol. The molecule has 0 radical (unpaired) electrons. The van der Waals surface area contributed by atoms with E-state index >= 15 is 0 Å². The molecule has 8 nitrogen and oxygen atoms in total. The molecule has 1 aromatic heterocycles. The van der Waals surface area contributed by atoms with E-state index in [4.69, 9.17) is 0 Å². The summed E-state index contributed by atoms with van der Waals surface area (Å²) in [5.74, 6) is -0.351. The molecule has 2 heterocycles. The van der Waals surface area contributed by atoms with Gasteiger partial charge < -0.3 is 10.2 Å². The molecule has 1 aliphatic heterocycles. The van der Waals surface area contributed by atoms with Gasteiger partial charge >= 0.3 is 0 Å². The summed E-state index contributed by atoms with van der Waals surface area (Å²) in [6.07, 6.45) is 1.66. The third-order valence-corrected chi connectivity index (χ3v) is 5.20. The molecule has 28 heavy (non-hydrogen) atoms. The molecular weight excluding hydrogens is 380 g/mol. The van der Waals surface area contributed by atoms with Crippen molar-refractivity contribution in [1.29, 1.82) is 0 Å². The molecule has 0 bridgehead atoms. The lowest BCUT2D eigenvalue weighted by Crippen LogP contribution is -2.34. The molecule has 2 amide bonds. The van der Waals surface area contributed by atoms with E-state index in [9.17, 15) is 18.0 Å². The normalized spacial score (nSPS) is 13.6. The van der Waals surface area contributed by atoms with Crippen LogP contribution in [-0.4, -0.2) is 45.1 Å². The highest BCUT2D eigenvalue weighted by Crippen LogP contribution is 2.26. The van der Waals surface area contributed by atoms with E-state index in [1.54, 1.807) is 32.2 Å². The maximum Gasteiger partial charge on any atom is 0.283 e. The van der Waals surface area contributed by atoms with Crippen LogP contribution in [0.4, 0.5) is 5.82 Å². The van der Waals surface area contributed by atoms with Gasteiger partial charge in [-0.05, 0) is 42.2 Å².